The van der Waals surface area contributed by atoms with Crippen molar-refractivity contribution in [3.63, 3.8) is 0 Å². The van der Waals surface area contributed by atoms with Gasteiger partial charge in [-0.15, -0.1) is 10.2 Å². The standard InChI is InChI=1S/C14H10BrN3O/c15-9-5-7-10(8-6-9)17-18-13-11-3-1-2-4-12(11)14(19)16-13/h1-8,16,19H. The van der Waals surface area contributed by atoms with Gasteiger partial charge in [0.15, 0.2) is 11.7 Å². The lowest BCUT2D eigenvalue weighted by molar-refractivity contribution is 0.463. The van der Waals surface area contributed by atoms with Crippen LogP contribution in [0.15, 0.2) is 63.2 Å². The minimum absolute atomic E-state index is 0.111. The molecule has 0 saturated heterocycles. The fourth-order valence-electron chi connectivity index (χ4n) is 1.84. The number of azo groups is 1. The number of aromatic hydroxyl groups is 1. The fourth-order valence-corrected chi connectivity index (χ4v) is 2.10. The Morgan fingerprint density at radius 1 is 0.895 bits per heavy atom. The van der Waals surface area contributed by atoms with E-state index < -0.39 is 0 Å². The van der Waals surface area contributed by atoms with Crippen molar-refractivity contribution in [3.05, 3.63) is 53.0 Å². The van der Waals surface area contributed by atoms with Gasteiger partial charge in [0, 0.05) is 15.2 Å². The summed E-state index contributed by atoms with van der Waals surface area (Å²) in [6, 6.07) is 15.0. The molecule has 5 heteroatoms. The molecule has 0 saturated carbocycles. The predicted molar refractivity (Wildman–Crippen MR) is 78.3 cm³/mol. The number of hydrogen-bond acceptors (Lipinski definition) is 3. The molecule has 1 heterocycles. The van der Waals surface area contributed by atoms with Crippen LogP contribution < -0.4 is 0 Å². The molecule has 0 aliphatic heterocycles. The largest absolute Gasteiger partial charge is 0.494 e. The lowest BCUT2D eigenvalue weighted by atomic mass is 10.2. The molecule has 0 spiro atoms. The lowest BCUT2D eigenvalue weighted by Crippen LogP contribution is -1.66. The van der Waals surface area contributed by atoms with Crippen LogP contribution in [0.25, 0.3) is 10.8 Å². The van der Waals surface area contributed by atoms with Gasteiger partial charge >= 0.3 is 0 Å². The third-order valence-corrected chi connectivity index (χ3v) is 3.29. The number of hydrogen-bond donors (Lipinski definition) is 2. The summed E-state index contributed by atoms with van der Waals surface area (Å²) >= 11 is 3.37. The molecular formula is C14H10BrN3O. The number of nitrogens with one attached hydrogen (secondary N) is 1. The zero-order valence-electron chi connectivity index (χ0n) is 9.84. The Hall–Kier alpha value is -2.14. The average molecular weight is 316 g/mol. The van der Waals surface area contributed by atoms with Crippen LogP contribution in [0.2, 0.25) is 0 Å². The predicted octanol–water partition coefficient (Wildman–Crippen LogP) is 5.05. The van der Waals surface area contributed by atoms with E-state index in [1.807, 2.05) is 48.5 Å². The number of aromatic amines is 1. The quantitative estimate of drug-likeness (QED) is 0.638. The Morgan fingerprint density at radius 2 is 1.58 bits per heavy atom. The van der Waals surface area contributed by atoms with Crippen molar-refractivity contribution in [2.24, 2.45) is 10.2 Å². The Bertz CT molecular complexity index is 747. The van der Waals surface area contributed by atoms with E-state index in [0.717, 1.165) is 20.9 Å². The van der Waals surface area contributed by atoms with Crippen molar-refractivity contribution < 1.29 is 5.11 Å². The van der Waals surface area contributed by atoms with E-state index >= 15 is 0 Å². The molecule has 0 aliphatic rings. The summed E-state index contributed by atoms with van der Waals surface area (Å²) in [6.07, 6.45) is 0. The first-order chi connectivity index (χ1) is 9.24. The number of benzene rings is 2. The molecule has 4 nitrogen and oxygen atoms in total. The summed E-state index contributed by atoms with van der Waals surface area (Å²) in [4.78, 5) is 2.82. The Kier molecular flexibility index (Phi) is 3.05. The van der Waals surface area contributed by atoms with E-state index in [-0.39, 0.29) is 5.88 Å². The summed E-state index contributed by atoms with van der Waals surface area (Å²) in [5.41, 5.74) is 0.751. The minimum atomic E-state index is 0.111. The third kappa shape index (κ3) is 2.37. The van der Waals surface area contributed by atoms with Gasteiger partial charge in [-0.3, -0.25) is 0 Å². The van der Waals surface area contributed by atoms with E-state index in [9.17, 15) is 5.11 Å². The van der Waals surface area contributed by atoms with Gasteiger partial charge in [0.05, 0.1) is 5.69 Å². The van der Waals surface area contributed by atoms with Crippen molar-refractivity contribution in [1.29, 1.82) is 0 Å². The molecule has 19 heavy (non-hydrogen) atoms. The van der Waals surface area contributed by atoms with Gasteiger partial charge in [0.25, 0.3) is 0 Å². The molecule has 2 N–H and O–H groups in total. The van der Waals surface area contributed by atoms with Crippen LogP contribution in [0.1, 0.15) is 0 Å². The van der Waals surface area contributed by atoms with E-state index in [1.165, 1.54) is 0 Å². The van der Waals surface area contributed by atoms with Crippen LogP contribution in [-0.4, -0.2) is 10.1 Å². The molecule has 0 radical (unpaired) electrons. The first-order valence-electron chi connectivity index (χ1n) is 5.71. The van der Waals surface area contributed by atoms with Gasteiger partial charge < -0.3 is 10.1 Å². The van der Waals surface area contributed by atoms with Crippen molar-refractivity contribution in [1.82, 2.24) is 4.98 Å². The van der Waals surface area contributed by atoms with Gasteiger partial charge in [-0.25, -0.2) is 0 Å². The second-order valence-corrected chi connectivity index (χ2v) is 4.96. The molecule has 3 aromatic rings. The molecular weight excluding hydrogens is 306 g/mol. The lowest BCUT2D eigenvalue weighted by Gasteiger charge is -1.92. The van der Waals surface area contributed by atoms with Crippen LogP contribution in [0, 0.1) is 0 Å². The fraction of sp³-hybridized carbons (Fsp3) is 0. The molecule has 3 rings (SSSR count). The highest BCUT2D eigenvalue weighted by Gasteiger charge is 2.07. The molecule has 1 aromatic heterocycles. The first kappa shape index (κ1) is 11.9. The smallest absolute Gasteiger partial charge is 0.198 e. The molecule has 0 aliphatic carbocycles. The minimum Gasteiger partial charge on any atom is -0.494 e. The highest BCUT2D eigenvalue weighted by molar-refractivity contribution is 9.10. The van der Waals surface area contributed by atoms with Gasteiger partial charge in [-0.05, 0) is 30.3 Å². The topological polar surface area (TPSA) is 60.7 Å². The maximum absolute atomic E-state index is 9.76. The zero-order chi connectivity index (χ0) is 13.2. The van der Waals surface area contributed by atoms with Crippen LogP contribution >= 0.6 is 15.9 Å². The second-order valence-electron chi connectivity index (χ2n) is 4.04. The van der Waals surface area contributed by atoms with E-state index in [0.29, 0.717) is 5.82 Å². The number of fused-ring (bicyclic) bond motifs is 1. The second kappa shape index (κ2) is 4.85. The molecule has 0 bridgehead atoms. The normalized spacial score (nSPS) is 11.4. The first-order valence-corrected chi connectivity index (χ1v) is 6.50. The molecule has 94 valence electrons. The highest BCUT2D eigenvalue weighted by Crippen LogP contribution is 2.33. The van der Waals surface area contributed by atoms with Gasteiger partial charge in [0.1, 0.15) is 0 Å². The van der Waals surface area contributed by atoms with E-state index in [2.05, 4.69) is 31.1 Å². The molecule has 0 unspecified atom stereocenters. The summed E-state index contributed by atoms with van der Waals surface area (Å²) in [7, 11) is 0. The SMILES string of the molecule is Oc1[nH]c(N=Nc2ccc(Br)cc2)c2ccccc12. The summed E-state index contributed by atoms with van der Waals surface area (Å²) < 4.78 is 0.995. The Balaban J connectivity index is 1.99. The van der Waals surface area contributed by atoms with Crippen molar-refractivity contribution >= 4 is 38.2 Å². The van der Waals surface area contributed by atoms with Gasteiger partial charge in [0.2, 0.25) is 0 Å². The number of H-pyrrole nitrogens is 1. The summed E-state index contributed by atoms with van der Waals surface area (Å²) in [5, 5.41) is 19.6. The number of halogens is 1. The average Bonchev–Trinajstić information content (AvgIpc) is 2.76. The molecule has 0 amide bonds. The van der Waals surface area contributed by atoms with Gasteiger partial charge in [-0.1, -0.05) is 34.1 Å². The monoisotopic (exact) mass is 315 g/mol. The Morgan fingerprint density at radius 3 is 2.32 bits per heavy atom. The summed E-state index contributed by atoms with van der Waals surface area (Å²) in [6.45, 7) is 0. The zero-order valence-corrected chi connectivity index (χ0v) is 11.4. The van der Waals surface area contributed by atoms with Gasteiger partial charge in [-0.2, -0.15) is 0 Å². The van der Waals surface area contributed by atoms with E-state index in [4.69, 9.17) is 0 Å². The molecule has 0 fully saturated rings. The Labute approximate surface area is 117 Å². The van der Waals surface area contributed by atoms with E-state index in [1.54, 1.807) is 0 Å². The molecule has 2 aromatic carbocycles. The summed E-state index contributed by atoms with van der Waals surface area (Å²) in [5.74, 6) is 0.663. The van der Waals surface area contributed by atoms with Crippen molar-refractivity contribution in [2.45, 2.75) is 0 Å². The van der Waals surface area contributed by atoms with Crippen molar-refractivity contribution in [2.75, 3.05) is 0 Å². The maximum atomic E-state index is 9.76. The van der Waals surface area contributed by atoms with Crippen molar-refractivity contribution in [3.8, 4) is 5.88 Å². The highest BCUT2D eigenvalue weighted by atomic mass is 79.9. The number of rotatable bonds is 2. The van der Waals surface area contributed by atoms with Crippen LogP contribution in [0.5, 0.6) is 5.88 Å². The number of aromatic nitrogens is 1. The maximum Gasteiger partial charge on any atom is 0.198 e. The molecule has 0 atom stereocenters. The third-order valence-electron chi connectivity index (χ3n) is 2.77. The van der Waals surface area contributed by atoms with Crippen LogP contribution in [0.4, 0.5) is 11.5 Å². The number of nitrogens with zero attached hydrogens (tertiary/aromatic N) is 2. The van der Waals surface area contributed by atoms with Crippen LogP contribution in [0.3, 0.4) is 0 Å². The van der Waals surface area contributed by atoms with Crippen LogP contribution in [-0.2, 0) is 0 Å².